The molecule has 23 heavy (non-hydrogen) atoms. The molecule has 0 unspecified atom stereocenters. The highest BCUT2D eigenvalue weighted by atomic mass is 32.1. The first-order chi connectivity index (χ1) is 11.2. The Bertz CT molecular complexity index is 753. The minimum Gasteiger partial charge on any atom is -0.364 e. The summed E-state index contributed by atoms with van der Waals surface area (Å²) in [6, 6.07) is 17.8. The van der Waals surface area contributed by atoms with E-state index < -0.39 is 0 Å². The number of nitrogens with zero attached hydrogens (tertiary/aromatic N) is 1. The molecule has 1 aromatic heterocycles. The second kappa shape index (κ2) is 7.35. The highest BCUT2D eigenvalue weighted by molar-refractivity contribution is 7.18. The number of amides is 1. The lowest BCUT2D eigenvalue weighted by Crippen LogP contribution is -2.30. The zero-order valence-electron chi connectivity index (χ0n) is 12.9. The van der Waals surface area contributed by atoms with E-state index in [1.165, 1.54) is 0 Å². The molecule has 0 radical (unpaired) electrons. The summed E-state index contributed by atoms with van der Waals surface area (Å²) in [5.74, 6) is -0.123. The molecule has 0 aliphatic carbocycles. The van der Waals surface area contributed by atoms with Crippen molar-refractivity contribution in [2.75, 3.05) is 6.61 Å². The van der Waals surface area contributed by atoms with E-state index >= 15 is 0 Å². The molecule has 5 heteroatoms. The molecule has 3 aromatic rings. The van der Waals surface area contributed by atoms with Crippen molar-refractivity contribution in [3.8, 4) is 0 Å². The van der Waals surface area contributed by atoms with Gasteiger partial charge in [-0.2, -0.15) is 0 Å². The minimum absolute atomic E-state index is 0.0326. The van der Waals surface area contributed by atoms with Crippen molar-refractivity contribution in [1.82, 2.24) is 10.3 Å². The van der Waals surface area contributed by atoms with Crippen LogP contribution in [0.1, 0.15) is 23.5 Å². The summed E-state index contributed by atoms with van der Waals surface area (Å²) in [6.45, 7) is 2.35. The summed E-state index contributed by atoms with van der Waals surface area (Å²) in [5.41, 5.74) is 2.05. The SMILES string of the molecule is C[C@@H](NC(=O)COCc1nc2ccccc2s1)c1ccccc1. The van der Waals surface area contributed by atoms with Crippen LogP contribution in [0.25, 0.3) is 10.2 Å². The Balaban J connectivity index is 1.47. The number of aromatic nitrogens is 1. The fraction of sp³-hybridized carbons (Fsp3) is 0.222. The molecule has 118 valence electrons. The van der Waals surface area contributed by atoms with Crippen LogP contribution in [0.4, 0.5) is 0 Å². The van der Waals surface area contributed by atoms with Crippen molar-refractivity contribution in [3.63, 3.8) is 0 Å². The van der Waals surface area contributed by atoms with Gasteiger partial charge in [0, 0.05) is 0 Å². The zero-order valence-corrected chi connectivity index (χ0v) is 13.7. The van der Waals surface area contributed by atoms with E-state index in [-0.39, 0.29) is 18.6 Å². The Labute approximate surface area is 139 Å². The van der Waals surface area contributed by atoms with Crippen LogP contribution in [0.5, 0.6) is 0 Å². The summed E-state index contributed by atoms with van der Waals surface area (Å²) in [7, 11) is 0. The number of carbonyl (C=O) groups is 1. The first-order valence-electron chi connectivity index (χ1n) is 7.49. The Morgan fingerprint density at radius 3 is 2.70 bits per heavy atom. The molecular weight excluding hydrogens is 308 g/mol. The van der Waals surface area contributed by atoms with E-state index in [0.29, 0.717) is 6.61 Å². The fourth-order valence-corrected chi connectivity index (χ4v) is 3.23. The molecule has 1 N–H and O–H groups in total. The summed E-state index contributed by atoms with van der Waals surface area (Å²) in [4.78, 5) is 16.4. The quantitative estimate of drug-likeness (QED) is 0.751. The van der Waals surface area contributed by atoms with E-state index in [2.05, 4.69) is 10.3 Å². The molecular formula is C18H18N2O2S. The van der Waals surface area contributed by atoms with Gasteiger partial charge in [0.1, 0.15) is 11.6 Å². The Hall–Kier alpha value is -2.24. The number of carbonyl (C=O) groups excluding carboxylic acids is 1. The zero-order chi connectivity index (χ0) is 16.1. The van der Waals surface area contributed by atoms with Gasteiger partial charge >= 0.3 is 0 Å². The van der Waals surface area contributed by atoms with Gasteiger partial charge in [0.2, 0.25) is 5.91 Å². The van der Waals surface area contributed by atoms with Crippen molar-refractivity contribution in [1.29, 1.82) is 0 Å². The number of nitrogens with one attached hydrogen (secondary N) is 1. The molecule has 3 rings (SSSR count). The maximum Gasteiger partial charge on any atom is 0.246 e. The largest absolute Gasteiger partial charge is 0.364 e. The van der Waals surface area contributed by atoms with Gasteiger partial charge in [-0.25, -0.2) is 4.98 Å². The van der Waals surface area contributed by atoms with Gasteiger partial charge in [-0.3, -0.25) is 4.79 Å². The number of ether oxygens (including phenoxy) is 1. The van der Waals surface area contributed by atoms with Crippen LogP contribution >= 0.6 is 11.3 Å². The standard InChI is InChI=1S/C18H18N2O2S/c1-13(14-7-3-2-4-8-14)19-17(21)11-22-12-18-20-15-9-5-6-10-16(15)23-18/h2-10,13H,11-12H2,1H3,(H,19,21)/t13-/m1/s1. The molecule has 0 fully saturated rings. The van der Waals surface area contributed by atoms with Gasteiger partial charge in [-0.05, 0) is 24.6 Å². The molecule has 0 aliphatic rings. The summed E-state index contributed by atoms with van der Waals surface area (Å²) >= 11 is 1.59. The number of benzene rings is 2. The van der Waals surface area contributed by atoms with Crippen molar-refractivity contribution in [2.45, 2.75) is 19.6 Å². The van der Waals surface area contributed by atoms with E-state index in [9.17, 15) is 4.79 Å². The first-order valence-corrected chi connectivity index (χ1v) is 8.30. The molecule has 0 aliphatic heterocycles. The Kier molecular flexibility index (Phi) is 5.00. The molecule has 1 amide bonds. The van der Waals surface area contributed by atoms with Crippen LogP contribution in [0.15, 0.2) is 54.6 Å². The summed E-state index contributed by atoms with van der Waals surface area (Å²) in [5, 5.41) is 3.81. The number of para-hydroxylation sites is 1. The maximum atomic E-state index is 11.9. The second-order valence-corrected chi connectivity index (χ2v) is 6.38. The first kappa shape index (κ1) is 15.6. The molecule has 0 saturated heterocycles. The molecule has 1 atom stereocenters. The number of hydrogen-bond donors (Lipinski definition) is 1. The van der Waals surface area contributed by atoms with Crippen LogP contribution < -0.4 is 5.32 Å². The number of rotatable bonds is 6. The Morgan fingerprint density at radius 1 is 1.17 bits per heavy atom. The lowest BCUT2D eigenvalue weighted by atomic mass is 10.1. The predicted molar refractivity (Wildman–Crippen MR) is 92.3 cm³/mol. The average molecular weight is 326 g/mol. The van der Waals surface area contributed by atoms with Crippen molar-refractivity contribution in [2.24, 2.45) is 0 Å². The highest BCUT2D eigenvalue weighted by Crippen LogP contribution is 2.21. The van der Waals surface area contributed by atoms with Crippen LogP contribution in [0, 0.1) is 0 Å². The van der Waals surface area contributed by atoms with Gasteiger partial charge in [0.15, 0.2) is 0 Å². The van der Waals surface area contributed by atoms with Crippen LogP contribution in [-0.4, -0.2) is 17.5 Å². The monoisotopic (exact) mass is 326 g/mol. The molecule has 2 aromatic carbocycles. The summed E-state index contributed by atoms with van der Waals surface area (Å²) in [6.07, 6.45) is 0. The molecule has 4 nitrogen and oxygen atoms in total. The van der Waals surface area contributed by atoms with E-state index in [1.807, 2.05) is 61.5 Å². The van der Waals surface area contributed by atoms with Crippen LogP contribution in [0.3, 0.4) is 0 Å². The lowest BCUT2D eigenvalue weighted by Gasteiger charge is -2.14. The number of hydrogen-bond acceptors (Lipinski definition) is 4. The smallest absolute Gasteiger partial charge is 0.246 e. The molecule has 0 saturated carbocycles. The van der Waals surface area contributed by atoms with Crippen LogP contribution in [0.2, 0.25) is 0 Å². The van der Waals surface area contributed by atoms with Gasteiger partial charge < -0.3 is 10.1 Å². The predicted octanol–water partition coefficient (Wildman–Crippen LogP) is 3.69. The van der Waals surface area contributed by atoms with E-state index in [4.69, 9.17) is 4.74 Å². The normalized spacial score (nSPS) is 12.2. The van der Waals surface area contributed by atoms with Gasteiger partial charge in [-0.15, -0.1) is 11.3 Å². The van der Waals surface area contributed by atoms with Gasteiger partial charge in [0.25, 0.3) is 0 Å². The maximum absolute atomic E-state index is 11.9. The molecule has 0 spiro atoms. The third-order valence-electron chi connectivity index (χ3n) is 3.47. The number of thiazole rings is 1. The van der Waals surface area contributed by atoms with Gasteiger partial charge in [-0.1, -0.05) is 42.5 Å². The molecule has 0 bridgehead atoms. The molecule has 1 heterocycles. The van der Waals surface area contributed by atoms with E-state index in [0.717, 1.165) is 20.8 Å². The van der Waals surface area contributed by atoms with Crippen molar-refractivity contribution < 1.29 is 9.53 Å². The third kappa shape index (κ3) is 4.15. The fourth-order valence-electron chi connectivity index (χ4n) is 2.32. The lowest BCUT2D eigenvalue weighted by molar-refractivity contribution is -0.126. The second-order valence-electron chi connectivity index (χ2n) is 5.27. The summed E-state index contributed by atoms with van der Waals surface area (Å²) < 4.78 is 6.62. The van der Waals surface area contributed by atoms with E-state index in [1.54, 1.807) is 11.3 Å². The van der Waals surface area contributed by atoms with Crippen LogP contribution in [-0.2, 0) is 16.1 Å². The third-order valence-corrected chi connectivity index (χ3v) is 4.48. The highest BCUT2D eigenvalue weighted by Gasteiger charge is 2.10. The number of fused-ring (bicyclic) bond motifs is 1. The topological polar surface area (TPSA) is 51.2 Å². The average Bonchev–Trinajstić information content (AvgIpc) is 2.98. The minimum atomic E-state index is -0.123. The Morgan fingerprint density at radius 2 is 1.91 bits per heavy atom. The van der Waals surface area contributed by atoms with Crippen molar-refractivity contribution in [3.05, 3.63) is 65.2 Å². The van der Waals surface area contributed by atoms with Gasteiger partial charge in [0.05, 0.1) is 22.9 Å². The van der Waals surface area contributed by atoms with Crippen molar-refractivity contribution >= 4 is 27.5 Å².